The van der Waals surface area contributed by atoms with Crippen LogP contribution in [0.25, 0.3) is 6.08 Å². The highest BCUT2D eigenvalue weighted by atomic mass is 32.2. The normalized spacial score (nSPS) is 17.5. The molecule has 39 heavy (non-hydrogen) atoms. The van der Waals surface area contributed by atoms with Gasteiger partial charge < -0.3 is 18.9 Å². The van der Waals surface area contributed by atoms with E-state index >= 15 is 0 Å². The van der Waals surface area contributed by atoms with Crippen LogP contribution >= 0.6 is 11.8 Å². The number of hydrogen-bond acceptors (Lipinski definition) is 11. The smallest absolute Gasteiger partial charge is 0.324 e. The second-order valence-corrected chi connectivity index (χ2v) is 10.6. The van der Waals surface area contributed by atoms with Crippen LogP contribution in [0.15, 0.2) is 40.0 Å². The van der Waals surface area contributed by atoms with Crippen molar-refractivity contribution < 1.29 is 23.6 Å². The number of likely N-dealkylation sites (N-methyl/N-ethyl adjacent to an activating group) is 1. The Balaban J connectivity index is 1.25. The van der Waals surface area contributed by atoms with Crippen molar-refractivity contribution in [2.75, 3.05) is 25.0 Å². The first-order chi connectivity index (χ1) is 18.8. The monoisotopic (exact) mass is 550 g/mol. The van der Waals surface area contributed by atoms with Crippen molar-refractivity contribution in [2.24, 2.45) is 0 Å². The molecule has 0 unspecified atom stereocenters. The summed E-state index contributed by atoms with van der Waals surface area (Å²) in [5.74, 6) is 2.08. The summed E-state index contributed by atoms with van der Waals surface area (Å²) in [5.41, 5.74) is 1.51. The number of rotatable bonds is 8. The molecular weight excluding hydrogens is 520 g/mol. The quantitative estimate of drug-likeness (QED) is 0.350. The first-order valence-corrected chi connectivity index (χ1v) is 13.7. The van der Waals surface area contributed by atoms with E-state index in [9.17, 15) is 9.59 Å². The number of imide groups is 1. The largest absolute Gasteiger partial charge is 0.474 e. The summed E-state index contributed by atoms with van der Waals surface area (Å²) >= 11 is 0.918. The summed E-state index contributed by atoms with van der Waals surface area (Å²) in [4.78, 5) is 40.9. The molecule has 4 heterocycles. The van der Waals surface area contributed by atoms with Crippen LogP contribution in [0.1, 0.15) is 56.5 Å². The molecule has 2 saturated heterocycles. The lowest BCUT2D eigenvalue weighted by molar-refractivity contribution is -0.121. The van der Waals surface area contributed by atoms with Crippen LogP contribution in [0, 0.1) is 0 Å². The van der Waals surface area contributed by atoms with Crippen LogP contribution in [0.5, 0.6) is 17.5 Å². The Bertz CT molecular complexity index is 1400. The maximum atomic E-state index is 12.2. The van der Waals surface area contributed by atoms with E-state index in [1.807, 2.05) is 39.0 Å². The number of thioether (sulfide) groups is 1. The lowest BCUT2D eigenvalue weighted by Crippen LogP contribution is -2.38. The number of ether oxygens (including phenoxy) is 2. The van der Waals surface area contributed by atoms with Crippen molar-refractivity contribution >= 4 is 35.0 Å². The van der Waals surface area contributed by atoms with E-state index in [2.05, 4.69) is 25.0 Å². The molecule has 0 spiro atoms. The highest BCUT2D eigenvalue weighted by Gasteiger charge is 2.32. The molecule has 0 N–H and O–H groups in total. The lowest BCUT2D eigenvalue weighted by atomic mass is 10.1. The summed E-state index contributed by atoms with van der Waals surface area (Å²) in [6.45, 7) is 7.55. The van der Waals surface area contributed by atoms with Gasteiger partial charge in [0.2, 0.25) is 11.8 Å². The Morgan fingerprint density at radius 3 is 2.62 bits per heavy atom. The third-order valence-corrected chi connectivity index (χ3v) is 7.48. The second-order valence-electron chi connectivity index (χ2n) is 9.63. The minimum Gasteiger partial charge on any atom is -0.474 e. The molecule has 2 aliphatic rings. The van der Waals surface area contributed by atoms with Crippen LogP contribution in [-0.2, 0) is 11.2 Å². The molecule has 5 rings (SSSR count). The Morgan fingerprint density at radius 1 is 1.18 bits per heavy atom. The van der Waals surface area contributed by atoms with Crippen molar-refractivity contribution in [3.63, 3.8) is 0 Å². The minimum absolute atomic E-state index is 0.0148. The van der Waals surface area contributed by atoms with Gasteiger partial charge in [0.25, 0.3) is 11.1 Å². The summed E-state index contributed by atoms with van der Waals surface area (Å²) < 4.78 is 17.9. The van der Waals surface area contributed by atoms with Gasteiger partial charge in [0, 0.05) is 38.9 Å². The topological polar surface area (TPSA) is 124 Å². The van der Waals surface area contributed by atoms with E-state index in [1.54, 1.807) is 12.1 Å². The molecule has 3 aromatic rings. The number of aromatic nitrogens is 4. The van der Waals surface area contributed by atoms with Crippen LogP contribution < -0.4 is 14.4 Å². The van der Waals surface area contributed by atoms with Crippen LogP contribution in [0.2, 0.25) is 0 Å². The Kier molecular flexibility index (Phi) is 7.82. The molecule has 0 radical (unpaired) electrons. The van der Waals surface area contributed by atoms with E-state index in [1.165, 1.54) is 13.4 Å². The van der Waals surface area contributed by atoms with Crippen molar-refractivity contribution in [1.29, 1.82) is 0 Å². The number of hydrogen-bond donors (Lipinski definition) is 0. The minimum atomic E-state index is -0.314. The third kappa shape index (κ3) is 5.90. The first kappa shape index (κ1) is 26.7. The van der Waals surface area contributed by atoms with Crippen LogP contribution in [0.4, 0.5) is 10.8 Å². The fourth-order valence-electron chi connectivity index (χ4n) is 4.26. The molecule has 204 valence electrons. The molecule has 2 fully saturated rings. The number of carbonyl (C=O) groups is 2. The van der Waals surface area contributed by atoms with Gasteiger partial charge in [0.05, 0.1) is 10.5 Å². The molecule has 2 aliphatic heterocycles. The van der Waals surface area contributed by atoms with Gasteiger partial charge in [-0.1, -0.05) is 38.1 Å². The fraction of sp³-hybridized carbons (Fsp3) is 0.407. The molecular formula is C27H30N6O5S. The van der Waals surface area contributed by atoms with Crippen LogP contribution in [0.3, 0.4) is 0 Å². The molecule has 11 nitrogen and oxygen atoms in total. The lowest BCUT2D eigenvalue weighted by Gasteiger charge is -2.30. The summed E-state index contributed by atoms with van der Waals surface area (Å²) in [6.07, 6.45) is 5.29. The average molecular weight is 551 g/mol. The van der Waals surface area contributed by atoms with Gasteiger partial charge in [-0.25, -0.2) is 9.97 Å². The molecule has 0 aliphatic carbocycles. The van der Waals surface area contributed by atoms with Gasteiger partial charge in [-0.15, -0.1) is 0 Å². The van der Waals surface area contributed by atoms with Crippen molar-refractivity contribution in [1.82, 2.24) is 25.0 Å². The second kappa shape index (κ2) is 11.4. The standard InChI is InChI=1S/C27H30N6O5S/c1-5-20-23(36-18-9-11-33(12-10-18)26-30-22(16(2)3)31-38-26)28-15-29-24(20)37-19-8-6-7-17(13-19)14-21-25(34)32(4)27(35)39-21/h6-8,13-16,18H,5,9-12H2,1-4H3. The number of piperidine rings is 1. The van der Waals surface area contributed by atoms with Gasteiger partial charge in [-0.3, -0.25) is 14.5 Å². The first-order valence-electron chi connectivity index (χ1n) is 12.9. The van der Waals surface area contributed by atoms with Crippen molar-refractivity contribution in [2.45, 2.75) is 52.1 Å². The summed E-state index contributed by atoms with van der Waals surface area (Å²) in [6, 6.07) is 7.82. The zero-order valence-corrected chi connectivity index (χ0v) is 23.1. The zero-order valence-electron chi connectivity index (χ0n) is 22.3. The van der Waals surface area contributed by atoms with Crippen molar-refractivity contribution in [3.8, 4) is 17.5 Å². The Morgan fingerprint density at radius 2 is 1.95 bits per heavy atom. The van der Waals surface area contributed by atoms with Gasteiger partial charge >= 0.3 is 6.01 Å². The van der Waals surface area contributed by atoms with E-state index in [0.29, 0.717) is 40.7 Å². The highest BCUT2D eigenvalue weighted by molar-refractivity contribution is 8.18. The van der Waals surface area contributed by atoms with Gasteiger partial charge in [0.1, 0.15) is 18.2 Å². The molecule has 0 atom stereocenters. The fourth-order valence-corrected chi connectivity index (χ4v) is 5.09. The number of anilines is 1. The summed E-state index contributed by atoms with van der Waals surface area (Å²) in [5, 5.41) is 3.77. The van der Waals surface area contributed by atoms with E-state index in [0.717, 1.165) is 53.7 Å². The van der Waals surface area contributed by atoms with Gasteiger partial charge in [0.15, 0.2) is 5.82 Å². The molecule has 0 saturated carbocycles. The van der Waals surface area contributed by atoms with Crippen LogP contribution in [-0.4, -0.2) is 62.4 Å². The Labute approximate surface area is 230 Å². The molecule has 1 aromatic carbocycles. The van der Waals surface area contributed by atoms with Gasteiger partial charge in [-0.05, 0) is 42.0 Å². The van der Waals surface area contributed by atoms with Crippen molar-refractivity contribution in [3.05, 3.63) is 52.4 Å². The number of nitrogens with zero attached hydrogens (tertiary/aromatic N) is 6. The Hall–Kier alpha value is -3.93. The predicted octanol–water partition coefficient (Wildman–Crippen LogP) is 5.05. The summed E-state index contributed by atoms with van der Waals surface area (Å²) in [7, 11) is 1.47. The maximum absolute atomic E-state index is 12.2. The van der Waals surface area contributed by atoms with Gasteiger partial charge in [-0.2, -0.15) is 4.98 Å². The zero-order chi connectivity index (χ0) is 27.5. The highest BCUT2D eigenvalue weighted by Crippen LogP contribution is 2.34. The SMILES string of the molecule is CCc1c(Oc2cccc(C=C3SC(=O)N(C)C3=O)c2)ncnc1OC1CCN(c2nc(C(C)C)no2)CC1. The third-order valence-electron chi connectivity index (χ3n) is 6.51. The molecule has 0 bridgehead atoms. The molecule has 12 heteroatoms. The predicted molar refractivity (Wildman–Crippen MR) is 146 cm³/mol. The maximum Gasteiger partial charge on any atom is 0.324 e. The van der Waals surface area contributed by atoms with E-state index in [4.69, 9.17) is 14.0 Å². The number of carbonyl (C=O) groups excluding carboxylic acids is 2. The molecule has 2 amide bonds. The number of amides is 2. The van der Waals surface area contributed by atoms with E-state index in [-0.39, 0.29) is 23.2 Å². The average Bonchev–Trinajstić information content (AvgIpc) is 3.51. The van der Waals surface area contributed by atoms with E-state index < -0.39 is 0 Å². The number of benzene rings is 1. The molecule has 2 aromatic heterocycles.